The normalized spacial score (nSPS) is 15.6. The summed E-state index contributed by atoms with van der Waals surface area (Å²) in [6, 6.07) is 29.1. The summed E-state index contributed by atoms with van der Waals surface area (Å²) in [5.41, 5.74) is 18.4. The second-order valence-corrected chi connectivity index (χ2v) is 20.8. The highest BCUT2D eigenvalue weighted by Crippen LogP contribution is 2.45. The van der Waals surface area contributed by atoms with Gasteiger partial charge < -0.3 is 8.98 Å². The van der Waals surface area contributed by atoms with Gasteiger partial charge >= 0.3 is 0 Å². The lowest BCUT2D eigenvalue weighted by Gasteiger charge is -2.43. The summed E-state index contributed by atoms with van der Waals surface area (Å²) < 4.78 is 9.35. The van der Waals surface area contributed by atoms with Gasteiger partial charge in [0.25, 0.3) is 0 Å². The van der Waals surface area contributed by atoms with E-state index < -0.39 is 0 Å². The van der Waals surface area contributed by atoms with Gasteiger partial charge in [0.15, 0.2) is 0 Å². The molecule has 52 heavy (non-hydrogen) atoms. The molecule has 2 aliphatic heterocycles. The van der Waals surface area contributed by atoms with E-state index in [0.29, 0.717) is 0 Å². The summed E-state index contributed by atoms with van der Waals surface area (Å²) in [6.45, 7) is 33.0. The molecular weight excluding hydrogens is 629 g/mol. The smallest absolute Gasteiger partial charge is 0.247 e. The number of rotatable bonds is 0. The van der Waals surface area contributed by atoms with E-state index in [1.165, 1.54) is 88.0 Å². The molecule has 0 aliphatic carbocycles. The van der Waals surface area contributed by atoms with Gasteiger partial charge in [-0.1, -0.05) is 133 Å². The first-order valence-corrected chi connectivity index (χ1v) is 19.4. The first kappa shape index (κ1) is 33.6. The van der Waals surface area contributed by atoms with Gasteiger partial charge in [0.05, 0.1) is 5.52 Å². The minimum absolute atomic E-state index is 0.00914. The van der Waals surface area contributed by atoms with E-state index in [2.05, 4.69) is 174 Å². The molecule has 0 radical (unpaired) electrons. The summed E-state index contributed by atoms with van der Waals surface area (Å²) in [6.07, 6.45) is 0. The molecule has 0 spiro atoms. The number of aromatic nitrogens is 1. The van der Waals surface area contributed by atoms with Crippen LogP contribution in [0.2, 0.25) is 0 Å². The van der Waals surface area contributed by atoms with Crippen molar-refractivity contribution in [3.8, 4) is 5.69 Å². The number of nitrogens with zero attached hydrogens (tertiary/aromatic N) is 1. The molecule has 264 valence electrons. The van der Waals surface area contributed by atoms with Crippen molar-refractivity contribution in [2.75, 3.05) is 0 Å². The van der Waals surface area contributed by atoms with Gasteiger partial charge in [-0.05, 0) is 108 Å². The Hall–Kier alpha value is -4.24. The Morgan fingerprint density at radius 1 is 0.500 bits per heavy atom. The SMILES string of the molecule is CC(C)(C)c1cc2c3c(c1)C(C)(C)c1cc4oc5ccc(C(C)(C)C)cc5c4cc1B3c1cc(C(C)(C)C)cc3c4cc(C(C)(C)C)ccc4n-2c13. The van der Waals surface area contributed by atoms with E-state index >= 15 is 0 Å². The van der Waals surface area contributed by atoms with E-state index in [-0.39, 0.29) is 33.8 Å². The van der Waals surface area contributed by atoms with Gasteiger partial charge in [-0.3, -0.25) is 0 Å². The van der Waals surface area contributed by atoms with Crippen molar-refractivity contribution in [3.05, 3.63) is 106 Å². The van der Waals surface area contributed by atoms with Crippen LogP contribution in [0, 0.1) is 0 Å². The van der Waals surface area contributed by atoms with E-state index in [0.717, 1.165) is 11.2 Å². The highest BCUT2D eigenvalue weighted by molar-refractivity contribution is 6.99. The Morgan fingerprint density at radius 3 is 1.69 bits per heavy atom. The molecule has 0 fully saturated rings. The lowest BCUT2D eigenvalue weighted by atomic mass is 9.30. The lowest BCUT2D eigenvalue weighted by molar-refractivity contribution is 0.582. The molecule has 2 aromatic heterocycles. The van der Waals surface area contributed by atoms with Crippen LogP contribution in [0.25, 0.3) is 49.4 Å². The molecular formula is C49H54BNO. The zero-order valence-electron chi connectivity index (χ0n) is 33.9. The van der Waals surface area contributed by atoms with Crippen LogP contribution in [0.4, 0.5) is 0 Å². The van der Waals surface area contributed by atoms with Crippen LogP contribution in [0.1, 0.15) is 130 Å². The van der Waals surface area contributed by atoms with Crippen LogP contribution in [0.5, 0.6) is 0 Å². The molecule has 0 N–H and O–H groups in total. The second-order valence-electron chi connectivity index (χ2n) is 20.8. The summed E-state index contributed by atoms with van der Waals surface area (Å²) in [7, 11) is 0. The van der Waals surface area contributed by atoms with Gasteiger partial charge in [0.2, 0.25) is 6.71 Å². The molecule has 5 aromatic carbocycles. The summed E-state index contributed by atoms with van der Waals surface area (Å²) >= 11 is 0. The van der Waals surface area contributed by atoms with Crippen molar-refractivity contribution in [3.63, 3.8) is 0 Å². The lowest BCUT2D eigenvalue weighted by Crippen LogP contribution is -2.63. The fraction of sp³-hybridized carbons (Fsp3) is 0.388. The molecule has 4 heterocycles. The van der Waals surface area contributed by atoms with Gasteiger partial charge in [0.1, 0.15) is 11.2 Å². The molecule has 0 saturated carbocycles. The maximum atomic E-state index is 6.70. The average Bonchev–Trinajstić information content (AvgIpc) is 3.57. The number of fused-ring (bicyclic) bond motifs is 10. The fourth-order valence-electron chi connectivity index (χ4n) is 9.33. The molecule has 3 heteroatoms. The predicted molar refractivity (Wildman–Crippen MR) is 226 cm³/mol. The predicted octanol–water partition coefficient (Wildman–Crippen LogP) is 11.3. The number of hydrogen-bond acceptors (Lipinski definition) is 1. The van der Waals surface area contributed by atoms with Crippen molar-refractivity contribution in [1.29, 1.82) is 0 Å². The summed E-state index contributed by atoms with van der Waals surface area (Å²) in [5, 5.41) is 5.16. The van der Waals surface area contributed by atoms with Crippen LogP contribution in [0.15, 0.2) is 77.2 Å². The van der Waals surface area contributed by atoms with Crippen LogP contribution >= 0.6 is 0 Å². The standard InChI is InChI=1S/C49H54BNO/c1-45(2,3)27-15-17-39-31(19-27)34-21-29(47(7,8)9)23-38-44(34)51(39)40-24-30(48(10,11)12)22-36-43(40)50(38)37-25-33-32-20-28(46(4,5)6)16-18-41(32)52-42(33)26-35(37)49(36,13)14/h15-26H,1-14H3. The van der Waals surface area contributed by atoms with Crippen LogP contribution in [-0.4, -0.2) is 11.3 Å². The van der Waals surface area contributed by atoms with E-state index in [1.807, 2.05) is 0 Å². The minimum atomic E-state index is -0.235. The second kappa shape index (κ2) is 10.0. The van der Waals surface area contributed by atoms with E-state index in [9.17, 15) is 0 Å². The molecule has 0 atom stereocenters. The van der Waals surface area contributed by atoms with Crippen LogP contribution < -0.4 is 16.4 Å². The Bertz CT molecular complexity index is 2680. The van der Waals surface area contributed by atoms with Crippen molar-refractivity contribution in [2.24, 2.45) is 0 Å². The third-order valence-corrected chi connectivity index (χ3v) is 12.7. The fourth-order valence-corrected chi connectivity index (χ4v) is 9.33. The minimum Gasteiger partial charge on any atom is -0.456 e. The summed E-state index contributed by atoms with van der Waals surface area (Å²) in [4.78, 5) is 0. The van der Waals surface area contributed by atoms with Crippen LogP contribution in [-0.2, 0) is 27.1 Å². The highest BCUT2D eigenvalue weighted by Gasteiger charge is 2.46. The van der Waals surface area contributed by atoms with Gasteiger partial charge in [-0.25, -0.2) is 0 Å². The average molecular weight is 684 g/mol. The molecule has 9 rings (SSSR count). The molecule has 7 aromatic rings. The first-order valence-electron chi connectivity index (χ1n) is 19.4. The van der Waals surface area contributed by atoms with E-state index in [1.54, 1.807) is 0 Å². The third kappa shape index (κ3) is 4.56. The molecule has 0 amide bonds. The molecule has 0 unspecified atom stereocenters. The maximum absolute atomic E-state index is 6.70. The maximum Gasteiger partial charge on any atom is 0.247 e. The monoisotopic (exact) mass is 683 g/mol. The molecule has 0 bridgehead atoms. The molecule has 2 nitrogen and oxygen atoms in total. The van der Waals surface area contributed by atoms with Gasteiger partial charge in [-0.2, -0.15) is 0 Å². The molecule has 0 saturated heterocycles. The zero-order chi connectivity index (χ0) is 37.2. The number of benzene rings is 5. The topological polar surface area (TPSA) is 18.1 Å². The number of hydrogen-bond donors (Lipinski definition) is 0. The highest BCUT2D eigenvalue weighted by atomic mass is 16.3. The summed E-state index contributed by atoms with van der Waals surface area (Å²) in [5.74, 6) is 0. The van der Waals surface area contributed by atoms with Crippen molar-refractivity contribution in [1.82, 2.24) is 4.57 Å². The van der Waals surface area contributed by atoms with Crippen molar-refractivity contribution < 1.29 is 4.42 Å². The largest absolute Gasteiger partial charge is 0.456 e. The quantitative estimate of drug-likeness (QED) is 0.146. The Kier molecular flexibility index (Phi) is 6.49. The Labute approximate surface area is 310 Å². The van der Waals surface area contributed by atoms with Crippen molar-refractivity contribution in [2.45, 2.75) is 124 Å². The number of furan rings is 1. The van der Waals surface area contributed by atoms with Gasteiger partial charge in [0, 0.05) is 38.2 Å². The molecule has 2 aliphatic rings. The Morgan fingerprint density at radius 2 is 1.06 bits per heavy atom. The van der Waals surface area contributed by atoms with Crippen LogP contribution in [0.3, 0.4) is 0 Å². The zero-order valence-corrected chi connectivity index (χ0v) is 33.9. The van der Waals surface area contributed by atoms with Gasteiger partial charge in [-0.15, -0.1) is 0 Å². The Balaban J connectivity index is 1.48. The first-order chi connectivity index (χ1) is 24.0. The van der Waals surface area contributed by atoms with Crippen molar-refractivity contribution >= 4 is 66.8 Å². The van der Waals surface area contributed by atoms with E-state index in [4.69, 9.17) is 4.42 Å². The third-order valence-electron chi connectivity index (χ3n) is 12.7.